The fourth-order valence-electron chi connectivity index (χ4n) is 1.78. The van der Waals surface area contributed by atoms with Crippen LogP contribution in [0.5, 0.6) is 11.6 Å². The van der Waals surface area contributed by atoms with Crippen molar-refractivity contribution in [1.29, 1.82) is 0 Å². The molecule has 0 atom stereocenters. The van der Waals surface area contributed by atoms with Crippen LogP contribution in [-0.4, -0.2) is 35.0 Å². The maximum Gasteiger partial charge on any atom is 0.220 e. The van der Waals surface area contributed by atoms with Gasteiger partial charge in [-0.1, -0.05) is 0 Å². The molecule has 0 fully saturated rings. The fraction of sp³-hybridized carbons (Fsp3) is 0.333. The van der Waals surface area contributed by atoms with E-state index in [0.29, 0.717) is 11.4 Å². The van der Waals surface area contributed by atoms with Gasteiger partial charge in [-0.15, -0.1) is 5.11 Å². The number of ether oxygens (including phenoxy) is 1. The van der Waals surface area contributed by atoms with E-state index in [4.69, 9.17) is 9.84 Å². The SMILES string of the molecule is COc1ccc2c(c1)c(N=NCCO)c(O)n2C. The number of hydrogen-bond donors (Lipinski definition) is 2. The van der Waals surface area contributed by atoms with Gasteiger partial charge in [0.05, 0.1) is 25.8 Å². The fourth-order valence-corrected chi connectivity index (χ4v) is 1.78. The minimum Gasteiger partial charge on any atom is -0.497 e. The number of benzene rings is 1. The molecule has 6 nitrogen and oxygen atoms in total. The van der Waals surface area contributed by atoms with Gasteiger partial charge < -0.3 is 19.5 Å². The summed E-state index contributed by atoms with van der Waals surface area (Å²) in [6.45, 7) is 0.137. The third-order valence-electron chi connectivity index (χ3n) is 2.72. The molecule has 0 saturated heterocycles. The molecule has 18 heavy (non-hydrogen) atoms. The molecule has 0 amide bonds. The Morgan fingerprint density at radius 2 is 2.17 bits per heavy atom. The first-order valence-corrected chi connectivity index (χ1v) is 5.52. The Hall–Kier alpha value is -2.08. The van der Waals surface area contributed by atoms with Crippen LogP contribution in [0.25, 0.3) is 10.9 Å². The molecule has 0 aliphatic carbocycles. The van der Waals surface area contributed by atoms with Crippen LogP contribution in [0.3, 0.4) is 0 Å². The molecule has 1 aromatic carbocycles. The molecule has 6 heteroatoms. The van der Waals surface area contributed by atoms with E-state index in [0.717, 1.165) is 10.9 Å². The first kappa shape index (κ1) is 12.4. The molecule has 0 spiro atoms. The van der Waals surface area contributed by atoms with Gasteiger partial charge in [0.15, 0.2) is 5.69 Å². The Bertz CT molecular complexity index is 590. The Balaban J connectivity index is 2.59. The quantitative estimate of drug-likeness (QED) is 0.813. The number of aromatic hydroxyl groups is 1. The topological polar surface area (TPSA) is 79.3 Å². The van der Waals surface area contributed by atoms with E-state index in [2.05, 4.69) is 10.2 Å². The molecule has 2 aromatic rings. The van der Waals surface area contributed by atoms with Crippen LogP contribution in [0.15, 0.2) is 28.4 Å². The second-order valence-electron chi connectivity index (χ2n) is 3.80. The highest BCUT2D eigenvalue weighted by Gasteiger charge is 2.14. The van der Waals surface area contributed by atoms with E-state index in [-0.39, 0.29) is 19.0 Å². The van der Waals surface area contributed by atoms with Gasteiger partial charge in [-0.25, -0.2) is 0 Å². The highest BCUT2D eigenvalue weighted by atomic mass is 16.5. The standard InChI is InChI=1S/C12H15N3O3/c1-15-10-4-3-8(18-2)7-9(10)11(12(15)17)14-13-5-6-16/h3-4,7,16-17H,5-6H2,1-2H3. The zero-order chi connectivity index (χ0) is 13.1. The number of hydrogen-bond acceptors (Lipinski definition) is 5. The van der Waals surface area contributed by atoms with Gasteiger partial charge in [-0.05, 0) is 18.2 Å². The van der Waals surface area contributed by atoms with Crippen LogP contribution in [-0.2, 0) is 7.05 Å². The average molecular weight is 249 g/mol. The summed E-state index contributed by atoms with van der Waals surface area (Å²) >= 11 is 0. The van der Waals surface area contributed by atoms with Crippen molar-refractivity contribution in [3.63, 3.8) is 0 Å². The number of methoxy groups -OCH3 is 1. The van der Waals surface area contributed by atoms with Crippen molar-refractivity contribution in [2.45, 2.75) is 0 Å². The zero-order valence-electron chi connectivity index (χ0n) is 10.3. The Labute approximate surface area is 104 Å². The number of aliphatic hydroxyl groups is 1. The highest BCUT2D eigenvalue weighted by molar-refractivity contribution is 5.95. The maximum absolute atomic E-state index is 9.99. The number of rotatable bonds is 4. The average Bonchev–Trinajstić information content (AvgIpc) is 2.63. The van der Waals surface area contributed by atoms with Crippen molar-refractivity contribution in [3.05, 3.63) is 18.2 Å². The summed E-state index contributed by atoms with van der Waals surface area (Å²) in [6, 6.07) is 5.46. The first-order chi connectivity index (χ1) is 8.69. The van der Waals surface area contributed by atoms with Crippen LogP contribution < -0.4 is 4.74 Å². The van der Waals surface area contributed by atoms with E-state index >= 15 is 0 Å². The van der Waals surface area contributed by atoms with Crippen LogP contribution in [0.1, 0.15) is 0 Å². The molecule has 96 valence electrons. The van der Waals surface area contributed by atoms with E-state index in [9.17, 15) is 5.11 Å². The van der Waals surface area contributed by atoms with Gasteiger partial charge in [0.1, 0.15) is 5.75 Å². The molecule has 0 saturated carbocycles. The lowest BCUT2D eigenvalue weighted by molar-refractivity contribution is 0.304. The van der Waals surface area contributed by atoms with Gasteiger partial charge in [-0.3, -0.25) is 0 Å². The number of aryl methyl sites for hydroxylation is 1. The first-order valence-electron chi connectivity index (χ1n) is 5.52. The van der Waals surface area contributed by atoms with Gasteiger partial charge in [0.25, 0.3) is 0 Å². The summed E-state index contributed by atoms with van der Waals surface area (Å²) in [4.78, 5) is 0. The molecule has 0 unspecified atom stereocenters. The third-order valence-corrected chi connectivity index (χ3v) is 2.72. The molecule has 2 rings (SSSR count). The molecular formula is C12H15N3O3. The van der Waals surface area contributed by atoms with E-state index in [1.807, 2.05) is 12.1 Å². The summed E-state index contributed by atoms with van der Waals surface area (Å²) in [5.41, 5.74) is 1.23. The van der Waals surface area contributed by atoms with E-state index in [1.54, 1.807) is 24.8 Å². The van der Waals surface area contributed by atoms with Crippen molar-refractivity contribution in [1.82, 2.24) is 4.57 Å². The van der Waals surface area contributed by atoms with E-state index < -0.39 is 0 Å². The minimum absolute atomic E-state index is 0.0416. The van der Waals surface area contributed by atoms with E-state index in [1.165, 1.54) is 0 Å². The number of fused-ring (bicyclic) bond motifs is 1. The van der Waals surface area contributed by atoms with Crippen LogP contribution in [0, 0.1) is 0 Å². The summed E-state index contributed by atoms with van der Waals surface area (Å²) in [5, 5.41) is 27.2. The third kappa shape index (κ3) is 2.02. The second-order valence-corrected chi connectivity index (χ2v) is 3.80. The second kappa shape index (κ2) is 5.05. The van der Waals surface area contributed by atoms with Gasteiger partial charge >= 0.3 is 0 Å². The normalized spacial score (nSPS) is 11.5. The lowest BCUT2D eigenvalue weighted by Crippen LogP contribution is -1.86. The summed E-state index contributed by atoms with van der Waals surface area (Å²) in [5.74, 6) is 0.728. The predicted molar refractivity (Wildman–Crippen MR) is 67.6 cm³/mol. The molecule has 0 aliphatic heterocycles. The molecule has 0 aliphatic rings. The Kier molecular flexibility index (Phi) is 3.47. The van der Waals surface area contributed by atoms with Crippen molar-refractivity contribution < 1.29 is 14.9 Å². The summed E-state index contributed by atoms with van der Waals surface area (Å²) < 4.78 is 6.78. The molecular weight excluding hydrogens is 234 g/mol. The van der Waals surface area contributed by atoms with Gasteiger partial charge in [-0.2, -0.15) is 5.11 Å². The summed E-state index contributed by atoms with van der Waals surface area (Å²) in [7, 11) is 3.33. The lowest BCUT2D eigenvalue weighted by atomic mass is 10.2. The minimum atomic E-state index is -0.0711. The van der Waals surface area contributed by atoms with Gasteiger partial charge in [0, 0.05) is 12.4 Å². The number of aliphatic hydroxyl groups excluding tert-OH is 1. The largest absolute Gasteiger partial charge is 0.497 e. The Morgan fingerprint density at radius 3 is 2.83 bits per heavy atom. The van der Waals surface area contributed by atoms with Crippen LogP contribution >= 0.6 is 0 Å². The number of azo groups is 1. The molecule has 0 radical (unpaired) electrons. The van der Waals surface area contributed by atoms with Crippen molar-refractivity contribution >= 4 is 16.6 Å². The highest BCUT2D eigenvalue weighted by Crippen LogP contribution is 2.39. The lowest BCUT2D eigenvalue weighted by Gasteiger charge is -2.00. The smallest absolute Gasteiger partial charge is 0.220 e. The van der Waals surface area contributed by atoms with Crippen LogP contribution in [0.2, 0.25) is 0 Å². The summed E-state index contributed by atoms with van der Waals surface area (Å²) in [6.07, 6.45) is 0. The van der Waals surface area contributed by atoms with Crippen LogP contribution in [0.4, 0.5) is 5.69 Å². The Morgan fingerprint density at radius 1 is 1.39 bits per heavy atom. The number of aromatic nitrogens is 1. The molecule has 2 N–H and O–H groups in total. The van der Waals surface area contributed by atoms with Gasteiger partial charge in [0.2, 0.25) is 5.88 Å². The predicted octanol–water partition coefficient (Wildman–Crippen LogP) is 1.97. The zero-order valence-corrected chi connectivity index (χ0v) is 10.3. The molecule has 1 aromatic heterocycles. The molecule has 1 heterocycles. The van der Waals surface area contributed by atoms with Crippen molar-refractivity contribution in [2.75, 3.05) is 20.3 Å². The van der Waals surface area contributed by atoms with Crippen molar-refractivity contribution in [3.8, 4) is 11.6 Å². The maximum atomic E-state index is 9.99. The number of nitrogens with zero attached hydrogens (tertiary/aromatic N) is 3. The monoisotopic (exact) mass is 249 g/mol. The molecule has 0 bridgehead atoms. The van der Waals surface area contributed by atoms with Crippen molar-refractivity contribution in [2.24, 2.45) is 17.3 Å².